The van der Waals surface area contributed by atoms with Crippen LogP contribution >= 0.6 is 24.8 Å². The molecule has 2 aromatic rings. The van der Waals surface area contributed by atoms with Crippen LogP contribution in [0.5, 0.6) is 0 Å². The standard InChI is InChI=1S/C20H25FN4O2.2ClH/c1-27-14-20(8-11-22-12-9-20)13-24-19(26)15-5-4-10-23-18(15)25-17-7-3-2-6-16(17)21;;/h2-7,10,22H,8-9,11-14H2,1H3,(H,23,25)(H,24,26);2*1H. The first-order valence-corrected chi connectivity index (χ1v) is 9.08. The third kappa shape index (κ3) is 6.54. The summed E-state index contributed by atoms with van der Waals surface area (Å²) in [6.45, 7) is 2.94. The molecule has 0 unspecified atom stereocenters. The molecule has 0 bridgehead atoms. The van der Waals surface area contributed by atoms with Crippen molar-refractivity contribution < 1.29 is 13.9 Å². The highest BCUT2D eigenvalue weighted by molar-refractivity contribution is 5.99. The van der Waals surface area contributed by atoms with Crippen LogP contribution in [0.3, 0.4) is 0 Å². The number of nitrogens with one attached hydrogen (secondary N) is 3. The second-order valence-electron chi connectivity index (χ2n) is 6.87. The van der Waals surface area contributed by atoms with Crippen molar-refractivity contribution in [3.63, 3.8) is 0 Å². The van der Waals surface area contributed by atoms with Gasteiger partial charge in [-0.3, -0.25) is 4.79 Å². The molecule has 1 amide bonds. The molecular weight excluding hydrogens is 418 g/mol. The van der Waals surface area contributed by atoms with E-state index in [0.717, 1.165) is 25.9 Å². The second-order valence-corrected chi connectivity index (χ2v) is 6.87. The number of aromatic nitrogens is 1. The van der Waals surface area contributed by atoms with Crippen LogP contribution in [0.4, 0.5) is 15.9 Å². The molecule has 3 N–H and O–H groups in total. The van der Waals surface area contributed by atoms with E-state index in [2.05, 4.69) is 20.9 Å². The minimum Gasteiger partial charge on any atom is -0.384 e. The summed E-state index contributed by atoms with van der Waals surface area (Å²) in [7, 11) is 1.68. The Balaban J connectivity index is 0.00000210. The molecule has 0 atom stereocenters. The zero-order valence-electron chi connectivity index (χ0n) is 16.2. The molecule has 29 heavy (non-hydrogen) atoms. The zero-order chi connectivity index (χ0) is 19.1. The van der Waals surface area contributed by atoms with Gasteiger partial charge in [-0.15, -0.1) is 24.8 Å². The van der Waals surface area contributed by atoms with E-state index in [-0.39, 0.29) is 41.8 Å². The number of methoxy groups -OCH3 is 1. The molecule has 0 saturated carbocycles. The SMILES string of the molecule is COCC1(CNC(=O)c2cccnc2Nc2ccccc2F)CCNCC1.Cl.Cl. The van der Waals surface area contributed by atoms with Gasteiger partial charge in [0.2, 0.25) is 0 Å². The molecule has 160 valence electrons. The van der Waals surface area contributed by atoms with Gasteiger partial charge in [0.25, 0.3) is 5.91 Å². The fraction of sp³-hybridized carbons (Fsp3) is 0.400. The average molecular weight is 445 g/mol. The van der Waals surface area contributed by atoms with E-state index in [1.807, 2.05) is 0 Å². The number of nitrogens with zero attached hydrogens (tertiary/aromatic N) is 1. The monoisotopic (exact) mass is 444 g/mol. The van der Waals surface area contributed by atoms with Crippen LogP contribution in [-0.4, -0.2) is 44.2 Å². The van der Waals surface area contributed by atoms with E-state index in [9.17, 15) is 9.18 Å². The molecule has 1 saturated heterocycles. The Kier molecular flexibility index (Phi) is 10.3. The molecular formula is C20H27Cl2FN4O2. The summed E-state index contributed by atoms with van der Waals surface area (Å²) in [5.74, 6) is -0.314. The smallest absolute Gasteiger partial charge is 0.255 e. The van der Waals surface area contributed by atoms with Gasteiger partial charge in [0, 0.05) is 25.3 Å². The molecule has 0 radical (unpaired) electrons. The number of amides is 1. The van der Waals surface area contributed by atoms with Crippen LogP contribution in [0.25, 0.3) is 0 Å². The number of piperidine rings is 1. The molecule has 1 fully saturated rings. The number of rotatable bonds is 7. The number of ether oxygens (including phenoxy) is 1. The quantitative estimate of drug-likeness (QED) is 0.608. The predicted octanol–water partition coefficient (Wildman–Crippen LogP) is 3.55. The van der Waals surface area contributed by atoms with Crippen LogP contribution in [0, 0.1) is 11.2 Å². The van der Waals surface area contributed by atoms with Gasteiger partial charge in [0.05, 0.1) is 17.9 Å². The van der Waals surface area contributed by atoms with Crippen LogP contribution in [0.15, 0.2) is 42.6 Å². The molecule has 1 aliphatic rings. The summed E-state index contributed by atoms with van der Waals surface area (Å²) in [6.07, 6.45) is 3.45. The van der Waals surface area contributed by atoms with Crippen molar-refractivity contribution in [2.45, 2.75) is 12.8 Å². The topological polar surface area (TPSA) is 75.3 Å². The first-order chi connectivity index (χ1) is 13.1. The van der Waals surface area contributed by atoms with E-state index in [1.165, 1.54) is 6.07 Å². The normalized spacial score (nSPS) is 14.8. The van der Waals surface area contributed by atoms with Crippen LogP contribution in [0.1, 0.15) is 23.2 Å². The Bertz CT molecular complexity index is 783. The lowest BCUT2D eigenvalue weighted by atomic mass is 9.79. The van der Waals surface area contributed by atoms with E-state index >= 15 is 0 Å². The zero-order valence-corrected chi connectivity index (χ0v) is 17.9. The number of halogens is 3. The molecule has 6 nitrogen and oxygen atoms in total. The Morgan fingerprint density at radius 1 is 1.21 bits per heavy atom. The Hall–Kier alpha value is -1.93. The van der Waals surface area contributed by atoms with Crippen molar-refractivity contribution in [3.8, 4) is 0 Å². The largest absolute Gasteiger partial charge is 0.384 e. The number of benzene rings is 1. The lowest BCUT2D eigenvalue weighted by Gasteiger charge is -2.37. The molecule has 3 rings (SSSR count). The van der Waals surface area contributed by atoms with E-state index in [0.29, 0.717) is 24.5 Å². The number of hydrogen-bond acceptors (Lipinski definition) is 5. The lowest BCUT2D eigenvalue weighted by Crippen LogP contribution is -2.47. The number of carbonyl (C=O) groups excluding carboxylic acids is 1. The minimum atomic E-state index is -0.400. The third-order valence-corrected chi connectivity index (χ3v) is 4.92. The van der Waals surface area contributed by atoms with Crippen molar-refractivity contribution in [1.82, 2.24) is 15.6 Å². The summed E-state index contributed by atoms with van der Waals surface area (Å²) in [6, 6.07) is 9.67. The van der Waals surface area contributed by atoms with Crippen LogP contribution in [0.2, 0.25) is 0 Å². The van der Waals surface area contributed by atoms with Gasteiger partial charge in [-0.1, -0.05) is 12.1 Å². The fourth-order valence-electron chi connectivity index (χ4n) is 3.38. The highest BCUT2D eigenvalue weighted by atomic mass is 35.5. The summed E-state index contributed by atoms with van der Waals surface area (Å²) >= 11 is 0. The lowest BCUT2D eigenvalue weighted by molar-refractivity contribution is 0.0512. The third-order valence-electron chi connectivity index (χ3n) is 4.92. The highest BCUT2D eigenvalue weighted by Gasteiger charge is 2.32. The van der Waals surface area contributed by atoms with Crippen molar-refractivity contribution in [1.29, 1.82) is 0 Å². The molecule has 9 heteroatoms. The number of anilines is 2. The van der Waals surface area contributed by atoms with Gasteiger partial charge in [-0.2, -0.15) is 0 Å². The van der Waals surface area contributed by atoms with Crippen molar-refractivity contribution in [2.24, 2.45) is 5.41 Å². The number of carbonyl (C=O) groups is 1. The highest BCUT2D eigenvalue weighted by Crippen LogP contribution is 2.28. The van der Waals surface area contributed by atoms with E-state index < -0.39 is 5.82 Å². The molecule has 1 aromatic heterocycles. The van der Waals surface area contributed by atoms with Crippen molar-refractivity contribution in [3.05, 3.63) is 54.0 Å². The Labute approximate surface area is 182 Å². The fourth-order valence-corrected chi connectivity index (χ4v) is 3.38. The average Bonchev–Trinajstić information content (AvgIpc) is 2.69. The van der Waals surface area contributed by atoms with Gasteiger partial charge >= 0.3 is 0 Å². The molecule has 2 heterocycles. The molecule has 1 aliphatic heterocycles. The van der Waals surface area contributed by atoms with E-state index in [1.54, 1.807) is 43.6 Å². The van der Waals surface area contributed by atoms with Crippen LogP contribution in [-0.2, 0) is 4.74 Å². The number of hydrogen-bond donors (Lipinski definition) is 3. The number of para-hydroxylation sites is 1. The molecule has 0 aliphatic carbocycles. The van der Waals surface area contributed by atoms with Gasteiger partial charge in [0.1, 0.15) is 11.6 Å². The predicted molar refractivity (Wildman–Crippen MR) is 117 cm³/mol. The van der Waals surface area contributed by atoms with E-state index in [4.69, 9.17) is 4.74 Å². The van der Waals surface area contributed by atoms with Gasteiger partial charge in [-0.05, 0) is 50.2 Å². The summed E-state index contributed by atoms with van der Waals surface area (Å²) < 4.78 is 19.3. The van der Waals surface area contributed by atoms with Crippen molar-refractivity contribution >= 4 is 42.2 Å². The first kappa shape index (κ1) is 25.1. The van der Waals surface area contributed by atoms with Crippen molar-refractivity contribution in [2.75, 3.05) is 38.7 Å². The summed E-state index contributed by atoms with van der Waals surface area (Å²) in [5.41, 5.74) is 0.582. The maximum Gasteiger partial charge on any atom is 0.255 e. The minimum absolute atomic E-state index is 0. The van der Waals surface area contributed by atoms with Gasteiger partial charge in [0.15, 0.2) is 0 Å². The number of pyridine rings is 1. The van der Waals surface area contributed by atoms with Crippen LogP contribution < -0.4 is 16.0 Å². The Morgan fingerprint density at radius 3 is 2.62 bits per heavy atom. The van der Waals surface area contributed by atoms with Gasteiger partial charge < -0.3 is 20.7 Å². The molecule has 1 aromatic carbocycles. The maximum absolute atomic E-state index is 13.9. The van der Waals surface area contributed by atoms with Gasteiger partial charge in [-0.25, -0.2) is 9.37 Å². The maximum atomic E-state index is 13.9. The summed E-state index contributed by atoms with van der Waals surface area (Å²) in [4.78, 5) is 17.0. The first-order valence-electron chi connectivity index (χ1n) is 9.08. The summed E-state index contributed by atoms with van der Waals surface area (Å²) in [5, 5.41) is 9.26. The Morgan fingerprint density at radius 2 is 1.93 bits per heavy atom. The molecule has 0 spiro atoms. The second kappa shape index (κ2) is 11.9.